The van der Waals surface area contributed by atoms with Crippen LogP contribution in [0.4, 0.5) is 0 Å². The molecule has 6 nitrogen and oxygen atoms in total. The highest BCUT2D eigenvalue weighted by Gasteiger charge is 1.94. The van der Waals surface area contributed by atoms with Gasteiger partial charge in [0, 0.05) is 18.6 Å². The van der Waals surface area contributed by atoms with Gasteiger partial charge in [-0.3, -0.25) is 4.79 Å². The van der Waals surface area contributed by atoms with Gasteiger partial charge in [0.05, 0.1) is 0 Å². The monoisotopic (exact) mass is 588 g/mol. The molecule has 0 bridgehead atoms. The van der Waals surface area contributed by atoms with Crippen LogP contribution in [0.2, 0.25) is 0 Å². The fraction of sp³-hybridized carbons (Fsp3) is 0.0789. The molecule has 0 saturated carbocycles. The molecule has 4 aromatic carbocycles. The van der Waals surface area contributed by atoms with Crippen molar-refractivity contribution in [1.29, 1.82) is 0 Å². The number of hydrogen-bond acceptors (Lipinski definition) is 4. The van der Waals surface area contributed by atoms with Crippen LogP contribution in [-0.4, -0.2) is 34.7 Å². The molecular formula is C38H36O6. The second-order valence-electron chi connectivity index (χ2n) is 9.01. The van der Waals surface area contributed by atoms with Gasteiger partial charge in [0.15, 0.2) is 0 Å². The third-order valence-electron chi connectivity index (χ3n) is 5.50. The molecule has 0 radical (unpaired) electrons. The van der Waals surface area contributed by atoms with Crippen LogP contribution in [0.15, 0.2) is 146 Å². The molecule has 0 atom stereocenters. The van der Waals surface area contributed by atoms with Crippen LogP contribution in [0.5, 0.6) is 0 Å². The minimum absolute atomic E-state index is 0.198. The van der Waals surface area contributed by atoms with Crippen molar-refractivity contribution < 1.29 is 29.3 Å². The normalized spacial score (nSPS) is 10.6. The Labute approximate surface area is 258 Å². The molecular weight excluding hydrogens is 552 g/mol. The minimum Gasteiger partial charge on any atom is -0.481 e. The SMILES string of the molecule is O=C(/C=C/c1ccccc1)OC/C=C/c1ccccc1.O=C(O)C=Cc1ccccc1.O=C(O)CC/C=C/c1ccccc1. The van der Waals surface area contributed by atoms with Gasteiger partial charge in [-0.15, -0.1) is 0 Å². The zero-order chi connectivity index (χ0) is 31.7. The number of carbonyl (C=O) groups is 3. The van der Waals surface area contributed by atoms with E-state index in [4.69, 9.17) is 14.9 Å². The van der Waals surface area contributed by atoms with Crippen LogP contribution < -0.4 is 0 Å². The van der Waals surface area contributed by atoms with Crippen molar-refractivity contribution in [1.82, 2.24) is 0 Å². The first kappa shape index (κ1) is 34.5. The first-order chi connectivity index (χ1) is 21.4. The van der Waals surface area contributed by atoms with Crippen LogP contribution in [0.25, 0.3) is 24.3 Å². The summed E-state index contributed by atoms with van der Waals surface area (Å²) in [4.78, 5) is 31.7. The minimum atomic E-state index is -0.922. The van der Waals surface area contributed by atoms with Crippen molar-refractivity contribution in [3.63, 3.8) is 0 Å². The maximum atomic E-state index is 11.5. The molecule has 0 aliphatic rings. The maximum Gasteiger partial charge on any atom is 0.331 e. The second kappa shape index (κ2) is 21.9. The summed E-state index contributed by atoms with van der Waals surface area (Å²) in [6.45, 7) is 0.271. The zero-order valence-electron chi connectivity index (χ0n) is 24.3. The number of esters is 1. The number of carboxylic acid groups (broad SMARTS) is 2. The predicted molar refractivity (Wildman–Crippen MR) is 177 cm³/mol. The van der Waals surface area contributed by atoms with Gasteiger partial charge >= 0.3 is 17.9 Å². The van der Waals surface area contributed by atoms with E-state index >= 15 is 0 Å². The van der Waals surface area contributed by atoms with Gasteiger partial charge < -0.3 is 14.9 Å². The smallest absolute Gasteiger partial charge is 0.331 e. The van der Waals surface area contributed by atoms with E-state index in [0.29, 0.717) is 6.42 Å². The first-order valence-corrected chi connectivity index (χ1v) is 13.9. The van der Waals surface area contributed by atoms with E-state index in [-0.39, 0.29) is 19.0 Å². The summed E-state index contributed by atoms with van der Waals surface area (Å²) < 4.78 is 5.07. The van der Waals surface area contributed by atoms with Crippen molar-refractivity contribution in [3.05, 3.63) is 168 Å². The molecule has 0 aromatic heterocycles. The van der Waals surface area contributed by atoms with Gasteiger partial charge in [0.2, 0.25) is 0 Å². The number of carbonyl (C=O) groups excluding carboxylic acids is 1. The van der Waals surface area contributed by atoms with Crippen LogP contribution in [0.1, 0.15) is 35.1 Å². The molecule has 0 unspecified atom stereocenters. The molecule has 6 heteroatoms. The second-order valence-corrected chi connectivity index (χ2v) is 9.01. The Hall–Kier alpha value is -5.75. The topological polar surface area (TPSA) is 101 Å². The molecule has 0 saturated heterocycles. The molecule has 4 aromatic rings. The highest BCUT2D eigenvalue weighted by atomic mass is 16.5. The Morgan fingerprint density at radius 1 is 0.523 bits per heavy atom. The molecule has 0 aliphatic heterocycles. The lowest BCUT2D eigenvalue weighted by Gasteiger charge is -1.97. The number of allylic oxidation sites excluding steroid dienone is 1. The lowest BCUT2D eigenvalue weighted by Crippen LogP contribution is -1.99. The van der Waals surface area contributed by atoms with E-state index in [9.17, 15) is 14.4 Å². The van der Waals surface area contributed by atoms with Gasteiger partial charge in [-0.05, 0) is 46.9 Å². The van der Waals surface area contributed by atoms with Crippen LogP contribution in [0.3, 0.4) is 0 Å². The molecule has 0 spiro atoms. The standard InChI is InChI=1S/C18H16O2.C11H12O2.C9H8O2/c19-18(14-13-17-10-5-2-6-11-17)20-15-7-12-16-8-3-1-4-9-16;12-11(13)9-5-4-8-10-6-2-1-3-7-10;10-9(11)7-6-8-4-2-1-3-5-8/h1-14H,15H2;1-4,6-8H,5,9H2,(H,12,13);1-7H,(H,10,11)/b12-7+,14-13+;8-4+;. The first-order valence-electron chi connectivity index (χ1n) is 13.9. The van der Waals surface area contributed by atoms with Crippen LogP contribution in [0, 0.1) is 0 Å². The average molecular weight is 589 g/mol. The van der Waals surface area contributed by atoms with Crippen molar-refractivity contribution in [2.45, 2.75) is 12.8 Å². The number of benzene rings is 4. The average Bonchev–Trinajstić information content (AvgIpc) is 3.06. The van der Waals surface area contributed by atoms with Gasteiger partial charge in [0.25, 0.3) is 0 Å². The molecule has 224 valence electrons. The largest absolute Gasteiger partial charge is 0.481 e. The lowest BCUT2D eigenvalue weighted by atomic mass is 10.2. The molecule has 0 fully saturated rings. The Bertz CT molecular complexity index is 1490. The van der Waals surface area contributed by atoms with Crippen LogP contribution >= 0.6 is 0 Å². The number of hydrogen-bond donors (Lipinski definition) is 2. The molecule has 0 amide bonds. The van der Waals surface area contributed by atoms with Gasteiger partial charge in [-0.2, -0.15) is 0 Å². The Morgan fingerprint density at radius 3 is 1.32 bits per heavy atom. The maximum absolute atomic E-state index is 11.5. The summed E-state index contributed by atoms with van der Waals surface area (Å²) >= 11 is 0. The quantitative estimate of drug-likeness (QED) is 0.135. The highest BCUT2D eigenvalue weighted by Crippen LogP contribution is 2.04. The van der Waals surface area contributed by atoms with E-state index < -0.39 is 11.9 Å². The Kier molecular flexibility index (Phi) is 17.2. The zero-order valence-corrected chi connectivity index (χ0v) is 24.3. The van der Waals surface area contributed by atoms with Crippen molar-refractivity contribution in [2.24, 2.45) is 0 Å². The molecule has 0 heterocycles. The van der Waals surface area contributed by atoms with E-state index in [1.165, 1.54) is 6.08 Å². The molecule has 2 N–H and O–H groups in total. The lowest BCUT2D eigenvalue weighted by molar-refractivity contribution is -0.137. The third kappa shape index (κ3) is 17.8. The van der Waals surface area contributed by atoms with Crippen LogP contribution in [-0.2, 0) is 19.1 Å². The summed E-state index contributed by atoms with van der Waals surface area (Å²) in [6, 6.07) is 38.7. The predicted octanol–water partition coefficient (Wildman–Crippen LogP) is 8.31. The van der Waals surface area contributed by atoms with E-state index in [0.717, 1.165) is 28.3 Å². The fourth-order valence-corrected chi connectivity index (χ4v) is 3.38. The molecule has 4 rings (SSSR count). The highest BCUT2D eigenvalue weighted by molar-refractivity contribution is 5.87. The number of rotatable bonds is 11. The number of ether oxygens (including phenoxy) is 1. The summed E-state index contributed by atoms with van der Waals surface area (Å²) in [5.74, 6) is -2.02. The number of carboxylic acids is 2. The van der Waals surface area contributed by atoms with E-state index in [2.05, 4.69) is 0 Å². The third-order valence-corrected chi connectivity index (χ3v) is 5.50. The van der Waals surface area contributed by atoms with E-state index in [1.807, 2.05) is 146 Å². The molecule has 0 aliphatic carbocycles. The summed E-state index contributed by atoms with van der Waals surface area (Å²) in [5, 5.41) is 16.7. The van der Waals surface area contributed by atoms with Gasteiger partial charge in [-0.25, -0.2) is 9.59 Å². The van der Waals surface area contributed by atoms with E-state index in [1.54, 1.807) is 12.2 Å². The summed E-state index contributed by atoms with van der Waals surface area (Å²) in [5.41, 5.74) is 4.07. The van der Waals surface area contributed by atoms with Crippen molar-refractivity contribution >= 4 is 42.2 Å². The summed E-state index contributed by atoms with van der Waals surface area (Å²) in [6.07, 6.45) is 14.2. The summed E-state index contributed by atoms with van der Waals surface area (Å²) in [7, 11) is 0. The number of aliphatic carboxylic acids is 2. The Morgan fingerprint density at radius 2 is 0.909 bits per heavy atom. The Balaban J connectivity index is 0.000000244. The fourth-order valence-electron chi connectivity index (χ4n) is 3.38. The van der Waals surface area contributed by atoms with Gasteiger partial charge in [0.1, 0.15) is 6.61 Å². The van der Waals surface area contributed by atoms with Crippen molar-refractivity contribution in [3.8, 4) is 0 Å². The van der Waals surface area contributed by atoms with Crippen molar-refractivity contribution in [2.75, 3.05) is 6.61 Å². The molecule has 44 heavy (non-hydrogen) atoms. The van der Waals surface area contributed by atoms with Gasteiger partial charge in [-0.1, -0.05) is 140 Å².